The molecule has 1 unspecified atom stereocenters. The summed E-state index contributed by atoms with van der Waals surface area (Å²) < 4.78 is 0. The Labute approximate surface area is 122 Å². The Hall–Kier alpha value is -0.330. The number of halogens is 1. The van der Waals surface area contributed by atoms with Gasteiger partial charge < -0.3 is 15.1 Å². The number of hydrogen-bond acceptors (Lipinski definition) is 5. The lowest BCUT2D eigenvalue weighted by Gasteiger charge is -2.32. The van der Waals surface area contributed by atoms with Gasteiger partial charge in [-0.1, -0.05) is 17.7 Å². The van der Waals surface area contributed by atoms with E-state index >= 15 is 0 Å². The van der Waals surface area contributed by atoms with Crippen LogP contribution in [-0.2, 0) is 0 Å². The van der Waals surface area contributed by atoms with E-state index in [1.807, 2.05) is 12.1 Å². The fourth-order valence-electron chi connectivity index (χ4n) is 2.19. The summed E-state index contributed by atoms with van der Waals surface area (Å²) in [5.41, 5.74) is 0. The number of aromatic nitrogens is 1. The Morgan fingerprint density at radius 2 is 2.16 bits per heavy atom. The van der Waals surface area contributed by atoms with Crippen molar-refractivity contribution >= 4 is 23.4 Å². The Morgan fingerprint density at radius 3 is 2.79 bits per heavy atom. The lowest BCUT2D eigenvalue weighted by molar-refractivity contribution is 0.0539. The molecular formula is C13H19ClN2O2S. The second kappa shape index (κ2) is 7.45. The molecule has 0 aromatic carbocycles. The molecule has 19 heavy (non-hydrogen) atoms. The van der Waals surface area contributed by atoms with Crippen LogP contribution in [0.5, 0.6) is 0 Å². The minimum Gasteiger partial charge on any atom is -0.394 e. The lowest BCUT2D eigenvalue weighted by Crippen LogP contribution is -2.40. The molecule has 2 heterocycles. The van der Waals surface area contributed by atoms with Crippen molar-refractivity contribution in [2.45, 2.75) is 29.2 Å². The van der Waals surface area contributed by atoms with E-state index in [-0.39, 0.29) is 6.61 Å². The maximum Gasteiger partial charge on any atom is 0.130 e. The molecule has 2 rings (SSSR count). The van der Waals surface area contributed by atoms with Gasteiger partial charge in [0.1, 0.15) is 5.15 Å². The zero-order chi connectivity index (χ0) is 13.7. The second-order valence-corrected chi connectivity index (χ2v) is 6.46. The molecule has 1 saturated heterocycles. The third-order valence-electron chi connectivity index (χ3n) is 3.19. The molecule has 1 fully saturated rings. The molecular weight excluding hydrogens is 284 g/mol. The summed E-state index contributed by atoms with van der Waals surface area (Å²) in [5.74, 6) is 0. The third kappa shape index (κ3) is 4.93. The first-order valence-corrected chi connectivity index (χ1v) is 7.73. The normalized spacial score (nSPS) is 19.5. The van der Waals surface area contributed by atoms with Crippen molar-refractivity contribution in [3.05, 3.63) is 23.4 Å². The minimum absolute atomic E-state index is 0.166. The Morgan fingerprint density at radius 1 is 1.42 bits per heavy atom. The van der Waals surface area contributed by atoms with Crippen molar-refractivity contribution in [3.63, 3.8) is 0 Å². The van der Waals surface area contributed by atoms with Crippen LogP contribution < -0.4 is 0 Å². The summed E-state index contributed by atoms with van der Waals surface area (Å²) in [6, 6.07) is 5.69. The van der Waals surface area contributed by atoms with Crippen molar-refractivity contribution < 1.29 is 10.2 Å². The average Bonchev–Trinajstić information content (AvgIpc) is 2.41. The van der Waals surface area contributed by atoms with Gasteiger partial charge in [0.25, 0.3) is 0 Å². The molecule has 1 atom stereocenters. The van der Waals surface area contributed by atoms with Gasteiger partial charge in [-0.3, -0.25) is 0 Å². The van der Waals surface area contributed by atoms with Crippen molar-refractivity contribution in [1.29, 1.82) is 0 Å². The van der Waals surface area contributed by atoms with E-state index in [1.54, 1.807) is 17.8 Å². The Balaban J connectivity index is 1.77. The molecule has 0 amide bonds. The number of likely N-dealkylation sites (tertiary alicyclic amines) is 1. The van der Waals surface area contributed by atoms with Crippen LogP contribution in [0.1, 0.15) is 12.8 Å². The summed E-state index contributed by atoms with van der Waals surface area (Å²) in [6.07, 6.45) is 1.51. The molecule has 106 valence electrons. The highest BCUT2D eigenvalue weighted by atomic mass is 35.5. The largest absolute Gasteiger partial charge is 0.394 e. The molecule has 1 aliphatic heterocycles. The van der Waals surface area contributed by atoms with Crippen LogP contribution in [0.15, 0.2) is 23.2 Å². The number of thioether (sulfide) groups is 1. The maximum absolute atomic E-state index is 9.42. The van der Waals surface area contributed by atoms with Gasteiger partial charge in [-0.15, -0.1) is 11.8 Å². The number of rotatable bonds is 5. The number of aliphatic hydroxyl groups is 2. The number of aliphatic hydroxyl groups excluding tert-OH is 2. The Bertz CT molecular complexity index is 400. The first kappa shape index (κ1) is 15.1. The van der Waals surface area contributed by atoms with Crippen LogP contribution in [-0.4, -0.2) is 57.7 Å². The van der Waals surface area contributed by atoms with Crippen LogP contribution in [0.3, 0.4) is 0 Å². The van der Waals surface area contributed by atoms with E-state index < -0.39 is 6.10 Å². The summed E-state index contributed by atoms with van der Waals surface area (Å²) in [7, 11) is 0. The van der Waals surface area contributed by atoms with Gasteiger partial charge in [0.2, 0.25) is 0 Å². The highest BCUT2D eigenvalue weighted by molar-refractivity contribution is 7.99. The number of β-amino-alcohol motifs (C(OH)–C–C–N with tert-alkyl or cyclic N) is 1. The van der Waals surface area contributed by atoms with Crippen molar-refractivity contribution in [1.82, 2.24) is 9.88 Å². The Kier molecular flexibility index (Phi) is 5.91. The predicted molar refractivity (Wildman–Crippen MR) is 77.7 cm³/mol. The first-order chi connectivity index (χ1) is 9.17. The molecule has 0 saturated carbocycles. The molecule has 1 aromatic heterocycles. The molecule has 0 radical (unpaired) electrons. The van der Waals surface area contributed by atoms with Gasteiger partial charge in [0.15, 0.2) is 0 Å². The fraction of sp³-hybridized carbons (Fsp3) is 0.615. The number of nitrogens with zero attached hydrogens (tertiary/aromatic N) is 2. The van der Waals surface area contributed by atoms with Crippen molar-refractivity contribution in [3.8, 4) is 0 Å². The zero-order valence-electron chi connectivity index (χ0n) is 10.7. The van der Waals surface area contributed by atoms with Crippen molar-refractivity contribution in [2.24, 2.45) is 0 Å². The van der Waals surface area contributed by atoms with E-state index in [1.165, 1.54) is 0 Å². The summed E-state index contributed by atoms with van der Waals surface area (Å²) in [6.45, 7) is 2.30. The number of hydrogen-bond donors (Lipinski definition) is 2. The SMILES string of the molecule is OCC(O)CN1CCC(Sc2cccc(Cl)n2)CC1. The topological polar surface area (TPSA) is 56.6 Å². The highest BCUT2D eigenvalue weighted by Gasteiger charge is 2.21. The molecule has 1 aliphatic rings. The molecule has 0 bridgehead atoms. The van der Waals surface area contributed by atoms with Crippen LogP contribution in [0.2, 0.25) is 5.15 Å². The average molecular weight is 303 g/mol. The van der Waals surface area contributed by atoms with E-state index in [4.69, 9.17) is 16.7 Å². The number of piperidine rings is 1. The van der Waals surface area contributed by atoms with Crippen LogP contribution in [0, 0.1) is 0 Å². The lowest BCUT2D eigenvalue weighted by atomic mass is 10.1. The molecule has 0 aliphatic carbocycles. The summed E-state index contributed by atoms with van der Waals surface area (Å²) in [4.78, 5) is 6.49. The van der Waals surface area contributed by atoms with Crippen LogP contribution in [0.25, 0.3) is 0 Å². The molecule has 0 spiro atoms. The minimum atomic E-state index is -0.626. The third-order valence-corrected chi connectivity index (χ3v) is 4.68. The maximum atomic E-state index is 9.42. The van der Waals surface area contributed by atoms with Gasteiger partial charge >= 0.3 is 0 Å². The monoisotopic (exact) mass is 302 g/mol. The zero-order valence-corrected chi connectivity index (χ0v) is 12.3. The van der Waals surface area contributed by atoms with E-state index in [9.17, 15) is 5.11 Å². The summed E-state index contributed by atoms with van der Waals surface area (Å²) >= 11 is 7.65. The van der Waals surface area contributed by atoms with Gasteiger partial charge in [-0.2, -0.15) is 0 Å². The standard InChI is InChI=1S/C13H19ClN2O2S/c14-12-2-1-3-13(15-12)19-11-4-6-16(7-5-11)8-10(18)9-17/h1-3,10-11,17-18H,4-9H2. The van der Waals surface area contributed by atoms with Crippen LogP contribution >= 0.6 is 23.4 Å². The van der Waals surface area contributed by atoms with Gasteiger partial charge in [0, 0.05) is 11.8 Å². The highest BCUT2D eigenvalue weighted by Crippen LogP contribution is 2.29. The predicted octanol–water partition coefficient (Wildman–Crippen LogP) is 1.64. The van der Waals surface area contributed by atoms with E-state index in [2.05, 4.69) is 9.88 Å². The van der Waals surface area contributed by atoms with E-state index in [0.29, 0.717) is 16.9 Å². The van der Waals surface area contributed by atoms with Gasteiger partial charge in [-0.25, -0.2) is 4.98 Å². The molecule has 4 nitrogen and oxygen atoms in total. The first-order valence-electron chi connectivity index (χ1n) is 6.48. The summed E-state index contributed by atoms with van der Waals surface area (Å²) in [5, 5.41) is 20.3. The van der Waals surface area contributed by atoms with Crippen LogP contribution in [0.4, 0.5) is 0 Å². The molecule has 6 heteroatoms. The smallest absolute Gasteiger partial charge is 0.130 e. The molecule has 1 aromatic rings. The fourth-order valence-corrected chi connectivity index (χ4v) is 3.50. The quantitative estimate of drug-likeness (QED) is 0.810. The van der Waals surface area contributed by atoms with Gasteiger partial charge in [-0.05, 0) is 38.1 Å². The van der Waals surface area contributed by atoms with Gasteiger partial charge in [0.05, 0.1) is 17.7 Å². The van der Waals surface area contributed by atoms with E-state index in [0.717, 1.165) is 31.0 Å². The number of pyridine rings is 1. The van der Waals surface area contributed by atoms with Crippen molar-refractivity contribution in [2.75, 3.05) is 26.2 Å². The molecule has 2 N–H and O–H groups in total. The second-order valence-electron chi connectivity index (χ2n) is 4.75.